The molecule has 0 unspecified atom stereocenters. The molecule has 2 aliphatic rings. The number of nitrogens with zero attached hydrogens (tertiary/aromatic N) is 1. The molecule has 1 N–H and O–H groups in total. The van der Waals surface area contributed by atoms with Crippen LogP contribution in [0, 0.1) is 5.92 Å². The number of hydrogen-bond donors (Lipinski definition) is 1. The summed E-state index contributed by atoms with van der Waals surface area (Å²) >= 11 is 0. The Hall–Kier alpha value is -0.220. The normalized spacial score (nSPS) is 36.2. The maximum absolute atomic E-state index is 13.4. The van der Waals surface area contributed by atoms with E-state index in [0.717, 1.165) is 19.4 Å². The van der Waals surface area contributed by atoms with Crippen LogP contribution in [0.1, 0.15) is 32.1 Å². The van der Waals surface area contributed by atoms with Crippen molar-refractivity contribution in [1.29, 1.82) is 0 Å². The Morgan fingerprint density at radius 1 is 1.27 bits per heavy atom. The fourth-order valence-electron chi connectivity index (χ4n) is 2.85. The number of hydrogen-bond acceptors (Lipinski definition) is 2. The standard InChI is InChI=1S/C11H19F2NO/c12-11(13)5-1-3-9(11)7-14-6-2-4-10(14)8-15/h9-10,15H,1-8H2/t9-,10-/m1/s1. The van der Waals surface area contributed by atoms with E-state index in [4.69, 9.17) is 5.11 Å². The number of rotatable bonds is 3. The average molecular weight is 219 g/mol. The molecule has 2 atom stereocenters. The largest absolute Gasteiger partial charge is 0.395 e. The summed E-state index contributed by atoms with van der Waals surface area (Å²) in [5.74, 6) is -2.95. The van der Waals surface area contributed by atoms with E-state index in [1.165, 1.54) is 0 Å². The van der Waals surface area contributed by atoms with Crippen molar-refractivity contribution < 1.29 is 13.9 Å². The summed E-state index contributed by atoms with van der Waals surface area (Å²) in [6.07, 6.45) is 3.32. The lowest BCUT2D eigenvalue weighted by Gasteiger charge is -2.28. The quantitative estimate of drug-likeness (QED) is 0.783. The fourth-order valence-corrected chi connectivity index (χ4v) is 2.85. The molecular weight excluding hydrogens is 200 g/mol. The maximum Gasteiger partial charge on any atom is 0.252 e. The van der Waals surface area contributed by atoms with Crippen LogP contribution in [0.5, 0.6) is 0 Å². The van der Waals surface area contributed by atoms with Crippen molar-refractivity contribution in [3.63, 3.8) is 0 Å². The first-order valence-electron chi connectivity index (χ1n) is 5.86. The summed E-state index contributed by atoms with van der Waals surface area (Å²) in [6.45, 7) is 1.45. The van der Waals surface area contributed by atoms with Gasteiger partial charge in [0.15, 0.2) is 0 Å². The van der Waals surface area contributed by atoms with Crippen LogP contribution in [0.25, 0.3) is 0 Å². The van der Waals surface area contributed by atoms with Crippen LogP contribution in [0.2, 0.25) is 0 Å². The Morgan fingerprint density at radius 3 is 2.67 bits per heavy atom. The Kier molecular flexibility index (Phi) is 3.26. The molecule has 2 nitrogen and oxygen atoms in total. The highest BCUT2D eigenvalue weighted by Gasteiger charge is 2.45. The first-order chi connectivity index (χ1) is 7.13. The van der Waals surface area contributed by atoms with Crippen molar-refractivity contribution in [1.82, 2.24) is 4.90 Å². The van der Waals surface area contributed by atoms with E-state index in [1.807, 2.05) is 4.90 Å². The summed E-state index contributed by atoms with van der Waals surface area (Å²) in [4.78, 5) is 2.05. The van der Waals surface area contributed by atoms with Crippen LogP contribution in [0.3, 0.4) is 0 Å². The topological polar surface area (TPSA) is 23.5 Å². The second-order valence-corrected chi connectivity index (χ2v) is 4.82. The van der Waals surface area contributed by atoms with E-state index in [-0.39, 0.29) is 19.1 Å². The molecule has 0 radical (unpaired) electrons. The Balaban J connectivity index is 1.91. The van der Waals surface area contributed by atoms with Crippen molar-refractivity contribution in [2.45, 2.75) is 44.1 Å². The minimum absolute atomic E-state index is 0.0509. The van der Waals surface area contributed by atoms with Crippen LogP contribution in [-0.2, 0) is 0 Å². The van der Waals surface area contributed by atoms with Gasteiger partial charge in [-0.3, -0.25) is 4.90 Å². The molecule has 15 heavy (non-hydrogen) atoms. The SMILES string of the molecule is OC[C@H]1CCCN1C[C@H]1CCCC1(F)F. The van der Waals surface area contributed by atoms with Crippen molar-refractivity contribution >= 4 is 0 Å². The molecule has 0 amide bonds. The van der Waals surface area contributed by atoms with Gasteiger partial charge >= 0.3 is 0 Å². The fraction of sp³-hybridized carbons (Fsp3) is 1.00. The first-order valence-corrected chi connectivity index (χ1v) is 5.86. The second kappa shape index (κ2) is 4.34. The third kappa shape index (κ3) is 2.31. The Morgan fingerprint density at radius 2 is 2.07 bits per heavy atom. The van der Waals surface area contributed by atoms with Crippen molar-refractivity contribution in [2.24, 2.45) is 5.92 Å². The Bertz CT molecular complexity index is 223. The van der Waals surface area contributed by atoms with Gasteiger partial charge in [0.25, 0.3) is 5.92 Å². The minimum Gasteiger partial charge on any atom is -0.395 e. The summed E-state index contributed by atoms with van der Waals surface area (Å²) in [6, 6.07) is 0.126. The summed E-state index contributed by atoms with van der Waals surface area (Å²) in [5, 5.41) is 9.11. The van der Waals surface area contributed by atoms with Gasteiger partial charge in [-0.25, -0.2) is 8.78 Å². The molecule has 0 aromatic rings. The first kappa shape index (κ1) is 11.3. The molecule has 0 bridgehead atoms. The number of alkyl halides is 2. The Labute approximate surface area is 89.3 Å². The smallest absolute Gasteiger partial charge is 0.252 e. The molecular formula is C11H19F2NO. The zero-order valence-corrected chi connectivity index (χ0v) is 8.96. The number of halogens is 2. The van der Waals surface area contributed by atoms with Crippen LogP contribution < -0.4 is 0 Å². The maximum atomic E-state index is 13.4. The van der Waals surface area contributed by atoms with Crippen molar-refractivity contribution in [3.05, 3.63) is 0 Å². The van der Waals surface area contributed by atoms with Crippen LogP contribution in [0.4, 0.5) is 8.78 Å². The molecule has 1 aliphatic heterocycles. The van der Waals surface area contributed by atoms with E-state index in [9.17, 15) is 8.78 Å². The lowest BCUT2D eigenvalue weighted by molar-refractivity contribution is -0.0500. The van der Waals surface area contributed by atoms with Crippen LogP contribution in [-0.4, -0.2) is 41.7 Å². The van der Waals surface area contributed by atoms with Gasteiger partial charge in [0, 0.05) is 24.9 Å². The van der Waals surface area contributed by atoms with E-state index in [1.54, 1.807) is 0 Å². The summed E-state index contributed by atoms with van der Waals surface area (Å²) in [7, 11) is 0. The monoisotopic (exact) mass is 219 g/mol. The van der Waals surface area contributed by atoms with Crippen LogP contribution >= 0.6 is 0 Å². The van der Waals surface area contributed by atoms with Gasteiger partial charge in [-0.05, 0) is 32.2 Å². The van der Waals surface area contributed by atoms with Crippen LogP contribution in [0.15, 0.2) is 0 Å². The van der Waals surface area contributed by atoms with Gasteiger partial charge in [0.2, 0.25) is 0 Å². The minimum atomic E-state index is -2.47. The van der Waals surface area contributed by atoms with Gasteiger partial charge in [-0.2, -0.15) is 0 Å². The zero-order valence-electron chi connectivity index (χ0n) is 8.96. The lowest BCUT2D eigenvalue weighted by atomic mass is 10.0. The molecule has 2 rings (SSSR count). The average Bonchev–Trinajstić information content (AvgIpc) is 2.74. The molecule has 1 aliphatic carbocycles. The molecule has 1 saturated carbocycles. The molecule has 1 heterocycles. The van der Waals surface area contributed by atoms with E-state index in [2.05, 4.69) is 0 Å². The highest BCUT2D eigenvalue weighted by Crippen LogP contribution is 2.41. The highest BCUT2D eigenvalue weighted by atomic mass is 19.3. The van der Waals surface area contributed by atoms with Gasteiger partial charge < -0.3 is 5.11 Å². The third-order valence-electron chi connectivity index (χ3n) is 3.82. The number of aliphatic hydroxyl groups is 1. The molecule has 0 spiro atoms. The highest BCUT2D eigenvalue weighted by molar-refractivity contribution is 4.89. The predicted molar refractivity (Wildman–Crippen MR) is 54.0 cm³/mol. The van der Waals surface area contributed by atoms with Gasteiger partial charge in [0.1, 0.15) is 0 Å². The van der Waals surface area contributed by atoms with Gasteiger partial charge in [0.05, 0.1) is 6.61 Å². The lowest BCUT2D eigenvalue weighted by Crippen LogP contribution is -2.40. The molecule has 2 fully saturated rings. The number of likely N-dealkylation sites (tertiary alicyclic amines) is 1. The second-order valence-electron chi connectivity index (χ2n) is 4.82. The summed E-state index contributed by atoms with van der Waals surface area (Å²) in [5.41, 5.74) is 0. The molecule has 88 valence electrons. The predicted octanol–water partition coefficient (Wildman–Crippen LogP) is 1.88. The van der Waals surface area contributed by atoms with Crippen molar-refractivity contribution in [2.75, 3.05) is 19.7 Å². The molecule has 4 heteroatoms. The molecule has 0 aromatic carbocycles. The van der Waals surface area contributed by atoms with Gasteiger partial charge in [-0.1, -0.05) is 0 Å². The summed E-state index contributed by atoms with van der Waals surface area (Å²) < 4.78 is 26.8. The van der Waals surface area contributed by atoms with E-state index >= 15 is 0 Å². The van der Waals surface area contributed by atoms with E-state index < -0.39 is 11.8 Å². The molecule has 0 aromatic heterocycles. The zero-order chi connectivity index (χ0) is 10.9. The van der Waals surface area contributed by atoms with Crippen molar-refractivity contribution in [3.8, 4) is 0 Å². The molecule has 1 saturated heterocycles. The number of aliphatic hydroxyl groups excluding tert-OH is 1. The third-order valence-corrected chi connectivity index (χ3v) is 3.82. The van der Waals surface area contributed by atoms with Gasteiger partial charge in [-0.15, -0.1) is 0 Å². The van der Waals surface area contributed by atoms with E-state index in [0.29, 0.717) is 19.4 Å².